The third-order valence-electron chi connectivity index (χ3n) is 1.43. The van der Waals surface area contributed by atoms with Crippen LogP contribution in [0.25, 0.3) is 0 Å². The molecule has 1 heterocycles. The van der Waals surface area contributed by atoms with Crippen LogP contribution in [0.2, 0.25) is 0 Å². The molecule has 0 saturated carbocycles. The maximum atomic E-state index is 5.67. The molecule has 3 nitrogen and oxygen atoms in total. The van der Waals surface area contributed by atoms with Crippen LogP contribution in [0.15, 0.2) is 6.07 Å². The van der Waals surface area contributed by atoms with Crippen molar-refractivity contribution < 1.29 is 0 Å². The lowest BCUT2D eigenvalue weighted by Gasteiger charge is -2.11. The van der Waals surface area contributed by atoms with E-state index in [0.29, 0.717) is 11.8 Å². The molecule has 1 aromatic heterocycles. The highest BCUT2D eigenvalue weighted by Crippen LogP contribution is 2.08. The lowest BCUT2D eigenvalue weighted by Crippen LogP contribution is -2.13. The zero-order chi connectivity index (χ0) is 9.14. The van der Waals surface area contributed by atoms with Gasteiger partial charge in [0.15, 0.2) is 0 Å². The highest BCUT2D eigenvalue weighted by Gasteiger charge is 2.02. The van der Waals surface area contributed by atoms with Gasteiger partial charge in [-0.15, -0.1) is 11.6 Å². The van der Waals surface area contributed by atoms with E-state index in [-0.39, 0.29) is 0 Å². The Morgan fingerprint density at radius 2 is 2.08 bits per heavy atom. The summed E-state index contributed by atoms with van der Waals surface area (Å²) in [6.07, 6.45) is 0. The number of nitrogens with zero attached hydrogens (tertiary/aromatic N) is 3. The van der Waals surface area contributed by atoms with E-state index in [1.54, 1.807) is 0 Å². The average Bonchev–Trinajstić information content (AvgIpc) is 2.03. The summed E-state index contributed by atoms with van der Waals surface area (Å²) in [7, 11) is 3.82. The van der Waals surface area contributed by atoms with Gasteiger partial charge in [0, 0.05) is 19.8 Å². The van der Waals surface area contributed by atoms with Gasteiger partial charge in [-0.3, -0.25) is 0 Å². The van der Waals surface area contributed by atoms with E-state index in [0.717, 1.165) is 11.4 Å². The number of aromatic nitrogens is 2. The van der Waals surface area contributed by atoms with Crippen molar-refractivity contribution in [2.45, 2.75) is 12.8 Å². The first-order valence-corrected chi connectivity index (χ1v) is 4.25. The van der Waals surface area contributed by atoms with Crippen LogP contribution in [0.5, 0.6) is 0 Å². The Morgan fingerprint density at radius 1 is 1.42 bits per heavy atom. The van der Waals surface area contributed by atoms with E-state index >= 15 is 0 Å². The molecule has 0 fully saturated rings. The normalized spacial score (nSPS) is 10.0. The molecule has 0 unspecified atom stereocenters. The standard InChI is InChI=1S/C8H12ClN3/c1-6-4-7(5-9)11-8(10-6)12(2)3/h4H,5H2,1-3H3. The van der Waals surface area contributed by atoms with Crippen LogP contribution in [-0.4, -0.2) is 24.1 Å². The van der Waals surface area contributed by atoms with Gasteiger partial charge in [0.05, 0.1) is 11.6 Å². The molecule has 1 rings (SSSR count). The van der Waals surface area contributed by atoms with Crippen molar-refractivity contribution >= 4 is 17.5 Å². The van der Waals surface area contributed by atoms with E-state index < -0.39 is 0 Å². The monoisotopic (exact) mass is 185 g/mol. The molecule has 0 aromatic carbocycles. The smallest absolute Gasteiger partial charge is 0.225 e. The third kappa shape index (κ3) is 2.08. The lowest BCUT2D eigenvalue weighted by molar-refractivity contribution is 0.950. The van der Waals surface area contributed by atoms with Gasteiger partial charge in [-0.05, 0) is 13.0 Å². The zero-order valence-electron chi connectivity index (χ0n) is 7.50. The molecule has 0 aliphatic carbocycles. The maximum absolute atomic E-state index is 5.67. The lowest BCUT2D eigenvalue weighted by atomic mass is 10.3. The molecule has 0 amide bonds. The minimum Gasteiger partial charge on any atom is -0.347 e. The van der Waals surface area contributed by atoms with Gasteiger partial charge in [0.1, 0.15) is 0 Å². The summed E-state index contributed by atoms with van der Waals surface area (Å²) in [4.78, 5) is 10.3. The van der Waals surface area contributed by atoms with Crippen molar-refractivity contribution in [3.8, 4) is 0 Å². The minimum atomic E-state index is 0.435. The Kier molecular flexibility index (Phi) is 2.87. The predicted octanol–water partition coefficient (Wildman–Crippen LogP) is 1.59. The SMILES string of the molecule is Cc1cc(CCl)nc(N(C)C)n1. The first-order chi connectivity index (χ1) is 5.63. The van der Waals surface area contributed by atoms with Gasteiger partial charge in [0.2, 0.25) is 5.95 Å². The Morgan fingerprint density at radius 3 is 2.58 bits per heavy atom. The number of alkyl halides is 1. The molecule has 0 spiro atoms. The fraction of sp³-hybridized carbons (Fsp3) is 0.500. The largest absolute Gasteiger partial charge is 0.347 e. The minimum absolute atomic E-state index is 0.435. The van der Waals surface area contributed by atoms with Gasteiger partial charge in [0.25, 0.3) is 0 Å². The van der Waals surface area contributed by atoms with Crippen LogP contribution >= 0.6 is 11.6 Å². The number of aryl methyl sites for hydroxylation is 1. The fourth-order valence-electron chi connectivity index (χ4n) is 0.885. The molecular formula is C8H12ClN3. The molecule has 12 heavy (non-hydrogen) atoms. The van der Waals surface area contributed by atoms with Crippen LogP contribution in [0, 0.1) is 6.92 Å². The summed E-state index contributed by atoms with van der Waals surface area (Å²) < 4.78 is 0. The summed E-state index contributed by atoms with van der Waals surface area (Å²) in [6, 6.07) is 1.89. The van der Waals surface area contributed by atoms with Crippen LogP contribution in [-0.2, 0) is 5.88 Å². The Hall–Kier alpha value is -0.830. The van der Waals surface area contributed by atoms with Crippen molar-refractivity contribution in [3.63, 3.8) is 0 Å². The van der Waals surface area contributed by atoms with E-state index in [1.807, 2.05) is 32.0 Å². The quantitative estimate of drug-likeness (QED) is 0.656. The number of hydrogen-bond acceptors (Lipinski definition) is 3. The summed E-state index contributed by atoms with van der Waals surface area (Å²) in [5, 5.41) is 0. The maximum Gasteiger partial charge on any atom is 0.225 e. The van der Waals surface area contributed by atoms with E-state index in [2.05, 4.69) is 9.97 Å². The Labute approximate surface area is 77.4 Å². The first-order valence-electron chi connectivity index (χ1n) is 3.71. The number of hydrogen-bond donors (Lipinski definition) is 0. The molecular weight excluding hydrogens is 174 g/mol. The molecule has 0 N–H and O–H groups in total. The summed E-state index contributed by atoms with van der Waals surface area (Å²) in [6.45, 7) is 1.94. The second-order valence-electron chi connectivity index (χ2n) is 2.83. The summed E-state index contributed by atoms with van der Waals surface area (Å²) in [5.74, 6) is 1.15. The Balaban J connectivity index is 3.06. The van der Waals surface area contributed by atoms with Gasteiger partial charge < -0.3 is 4.90 Å². The molecule has 1 aromatic rings. The average molecular weight is 186 g/mol. The van der Waals surface area contributed by atoms with Gasteiger partial charge in [-0.2, -0.15) is 0 Å². The molecule has 0 aliphatic heterocycles. The van der Waals surface area contributed by atoms with Crippen LogP contribution in [0.4, 0.5) is 5.95 Å². The van der Waals surface area contributed by atoms with Crippen molar-refractivity contribution in [3.05, 3.63) is 17.5 Å². The molecule has 0 aliphatic rings. The van der Waals surface area contributed by atoms with E-state index in [4.69, 9.17) is 11.6 Å². The molecule has 0 saturated heterocycles. The van der Waals surface area contributed by atoms with Crippen molar-refractivity contribution in [2.24, 2.45) is 0 Å². The third-order valence-corrected chi connectivity index (χ3v) is 1.71. The first kappa shape index (κ1) is 9.26. The van der Waals surface area contributed by atoms with Crippen LogP contribution < -0.4 is 4.90 Å². The zero-order valence-corrected chi connectivity index (χ0v) is 8.26. The number of anilines is 1. The van der Waals surface area contributed by atoms with Crippen molar-refractivity contribution in [1.29, 1.82) is 0 Å². The van der Waals surface area contributed by atoms with E-state index in [9.17, 15) is 0 Å². The molecule has 0 bridgehead atoms. The topological polar surface area (TPSA) is 29.0 Å². The second kappa shape index (κ2) is 3.72. The molecule has 4 heteroatoms. The second-order valence-corrected chi connectivity index (χ2v) is 3.10. The highest BCUT2D eigenvalue weighted by atomic mass is 35.5. The Bertz CT molecular complexity index is 273. The number of rotatable bonds is 2. The van der Waals surface area contributed by atoms with E-state index in [1.165, 1.54) is 0 Å². The van der Waals surface area contributed by atoms with Gasteiger partial charge in [-0.25, -0.2) is 9.97 Å². The summed E-state index contributed by atoms with van der Waals surface area (Å²) >= 11 is 5.67. The van der Waals surface area contributed by atoms with Crippen molar-refractivity contribution in [2.75, 3.05) is 19.0 Å². The number of halogens is 1. The highest BCUT2D eigenvalue weighted by molar-refractivity contribution is 6.16. The van der Waals surface area contributed by atoms with Crippen LogP contribution in [0.1, 0.15) is 11.4 Å². The van der Waals surface area contributed by atoms with Crippen LogP contribution in [0.3, 0.4) is 0 Å². The molecule has 0 radical (unpaired) electrons. The summed E-state index contributed by atoms with van der Waals surface area (Å²) in [5.41, 5.74) is 1.82. The molecule has 66 valence electrons. The van der Waals surface area contributed by atoms with Gasteiger partial charge in [-0.1, -0.05) is 0 Å². The fourth-order valence-corrected chi connectivity index (χ4v) is 1.02. The molecule has 0 atom stereocenters. The predicted molar refractivity (Wildman–Crippen MR) is 50.7 cm³/mol. The van der Waals surface area contributed by atoms with Gasteiger partial charge >= 0.3 is 0 Å². The van der Waals surface area contributed by atoms with Crippen molar-refractivity contribution in [1.82, 2.24) is 9.97 Å².